The standard InChI is InChI=1S/C23H29N3O5S/c1-14(2)19(24-20(28)15-8-10-16(11-9-15)23(3,4)5)22(30)31-13-18(27)25-26-21(29)17-7-6-12-32-17/h6-12,14,19H,13H2,1-5H3,(H,24,28)(H,25,27)(H,26,29). The summed E-state index contributed by atoms with van der Waals surface area (Å²) in [6, 6.07) is 9.57. The Hall–Kier alpha value is -3.20. The predicted molar refractivity (Wildman–Crippen MR) is 122 cm³/mol. The third-order valence-corrected chi connectivity index (χ3v) is 5.49. The molecule has 1 unspecified atom stereocenters. The minimum atomic E-state index is -0.932. The number of nitrogens with one attached hydrogen (secondary N) is 3. The van der Waals surface area contributed by atoms with Gasteiger partial charge < -0.3 is 10.1 Å². The topological polar surface area (TPSA) is 114 Å². The third kappa shape index (κ3) is 7.19. The van der Waals surface area contributed by atoms with Crippen LogP contribution in [0.2, 0.25) is 0 Å². The monoisotopic (exact) mass is 459 g/mol. The molecule has 1 heterocycles. The van der Waals surface area contributed by atoms with Gasteiger partial charge in [-0.25, -0.2) is 4.79 Å². The van der Waals surface area contributed by atoms with E-state index in [1.54, 1.807) is 43.5 Å². The molecular formula is C23H29N3O5S. The Morgan fingerprint density at radius 3 is 2.16 bits per heavy atom. The molecule has 8 nitrogen and oxygen atoms in total. The molecule has 1 aromatic heterocycles. The van der Waals surface area contributed by atoms with Gasteiger partial charge in [0.1, 0.15) is 6.04 Å². The van der Waals surface area contributed by atoms with Gasteiger partial charge in [-0.05, 0) is 40.5 Å². The number of carbonyl (C=O) groups is 4. The fourth-order valence-electron chi connectivity index (χ4n) is 2.70. The third-order valence-electron chi connectivity index (χ3n) is 4.63. The number of amides is 3. The fraction of sp³-hybridized carbons (Fsp3) is 0.391. The highest BCUT2D eigenvalue weighted by Crippen LogP contribution is 2.22. The fourth-order valence-corrected chi connectivity index (χ4v) is 3.32. The lowest BCUT2D eigenvalue weighted by atomic mass is 9.86. The normalized spacial score (nSPS) is 12.1. The SMILES string of the molecule is CC(C)C(NC(=O)c1ccc(C(C)(C)C)cc1)C(=O)OCC(=O)NNC(=O)c1cccs1. The molecule has 0 saturated carbocycles. The summed E-state index contributed by atoms with van der Waals surface area (Å²) in [6.45, 7) is 9.17. The number of ether oxygens (including phenoxy) is 1. The van der Waals surface area contributed by atoms with Crippen molar-refractivity contribution in [1.29, 1.82) is 0 Å². The van der Waals surface area contributed by atoms with Gasteiger partial charge in [0, 0.05) is 5.56 Å². The minimum Gasteiger partial charge on any atom is -0.454 e. The summed E-state index contributed by atoms with van der Waals surface area (Å²) in [5.74, 6) is -2.57. The van der Waals surface area contributed by atoms with Gasteiger partial charge >= 0.3 is 5.97 Å². The molecule has 32 heavy (non-hydrogen) atoms. The van der Waals surface area contributed by atoms with Crippen LogP contribution in [-0.4, -0.2) is 36.3 Å². The summed E-state index contributed by atoms with van der Waals surface area (Å²) in [4.78, 5) is 49.2. The van der Waals surface area contributed by atoms with E-state index in [1.165, 1.54) is 11.3 Å². The predicted octanol–water partition coefficient (Wildman–Crippen LogP) is 2.80. The van der Waals surface area contributed by atoms with Gasteiger partial charge in [0.25, 0.3) is 17.7 Å². The van der Waals surface area contributed by atoms with Crippen molar-refractivity contribution in [2.24, 2.45) is 5.92 Å². The molecule has 1 atom stereocenters. The number of hydrogen-bond acceptors (Lipinski definition) is 6. The number of hydrogen-bond donors (Lipinski definition) is 3. The largest absolute Gasteiger partial charge is 0.454 e. The van der Waals surface area contributed by atoms with E-state index >= 15 is 0 Å². The van der Waals surface area contributed by atoms with E-state index in [1.807, 2.05) is 12.1 Å². The second-order valence-corrected chi connectivity index (χ2v) is 9.56. The molecule has 172 valence electrons. The molecule has 9 heteroatoms. The number of rotatable bonds is 7. The van der Waals surface area contributed by atoms with Crippen LogP contribution in [0.5, 0.6) is 0 Å². The minimum absolute atomic E-state index is 0.0386. The molecule has 1 aromatic carbocycles. The maximum atomic E-state index is 12.6. The lowest BCUT2D eigenvalue weighted by Gasteiger charge is -2.22. The Bertz CT molecular complexity index is 947. The molecule has 2 aromatic rings. The summed E-state index contributed by atoms with van der Waals surface area (Å²) in [7, 11) is 0. The van der Waals surface area contributed by atoms with E-state index < -0.39 is 36.3 Å². The van der Waals surface area contributed by atoms with Gasteiger partial charge in [-0.1, -0.05) is 52.8 Å². The first-order valence-electron chi connectivity index (χ1n) is 10.2. The van der Waals surface area contributed by atoms with Crippen LogP contribution in [-0.2, 0) is 19.7 Å². The number of thiophene rings is 1. The van der Waals surface area contributed by atoms with Gasteiger partial charge in [-0.2, -0.15) is 0 Å². The summed E-state index contributed by atoms with van der Waals surface area (Å²) >= 11 is 1.22. The molecule has 0 aliphatic rings. The summed E-state index contributed by atoms with van der Waals surface area (Å²) < 4.78 is 5.04. The highest BCUT2D eigenvalue weighted by molar-refractivity contribution is 7.12. The molecule has 2 rings (SSSR count). The van der Waals surface area contributed by atoms with Crippen molar-refractivity contribution in [3.8, 4) is 0 Å². The molecule has 0 aliphatic heterocycles. The van der Waals surface area contributed by atoms with Gasteiger partial charge in [0.2, 0.25) is 0 Å². The Labute approximate surface area is 191 Å². The maximum Gasteiger partial charge on any atom is 0.329 e. The lowest BCUT2D eigenvalue weighted by molar-refractivity contribution is -0.151. The first-order chi connectivity index (χ1) is 15.0. The number of benzene rings is 1. The average molecular weight is 460 g/mol. The van der Waals surface area contributed by atoms with Crippen LogP contribution >= 0.6 is 11.3 Å². The van der Waals surface area contributed by atoms with Crippen molar-refractivity contribution in [2.75, 3.05) is 6.61 Å². The highest BCUT2D eigenvalue weighted by Gasteiger charge is 2.27. The zero-order chi connectivity index (χ0) is 23.9. The van der Waals surface area contributed by atoms with Crippen LogP contribution in [0.25, 0.3) is 0 Å². The van der Waals surface area contributed by atoms with Gasteiger partial charge in [-0.3, -0.25) is 25.2 Å². The van der Waals surface area contributed by atoms with Crippen molar-refractivity contribution in [1.82, 2.24) is 16.2 Å². The quantitative estimate of drug-likeness (QED) is 0.435. The summed E-state index contributed by atoms with van der Waals surface area (Å²) in [5.41, 5.74) is 5.89. The Kier molecular flexibility index (Phi) is 8.54. The Balaban J connectivity index is 1.88. The molecule has 0 bridgehead atoms. The second kappa shape index (κ2) is 10.9. The Morgan fingerprint density at radius 1 is 0.969 bits per heavy atom. The first kappa shape index (κ1) is 25.1. The molecule has 3 N–H and O–H groups in total. The van der Waals surface area contributed by atoms with E-state index in [0.29, 0.717) is 10.4 Å². The van der Waals surface area contributed by atoms with Gasteiger partial charge in [0.05, 0.1) is 4.88 Å². The van der Waals surface area contributed by atoms with E-state index in [4.69, 9.17) is 4.74 Å². The lowest BCUT2D eigenvalue weighted by Crippen LogP contribution is -2.47. The van der Waals surface area contributed by atoms with Gasteiger partial charge in [-0.15, -0.1) is 11.3 Å². The van der Waals surface area contributed by atoms with Crippen molar-refractivity contribution >= 4 is 35.0 Å². The van der Waals surface area contributed by atoms with Crippen molar-refractivity contribution in [3.05, 3.63) is 57.8 Å². The number of carbonyl (C=O) groups excluding carboxylic acids is 4. The van der Waals surface area contributed by atoms with E-state index in [2.05, 4.69) is 36.9 Å². The highest BCUT2D eigenvalue weighted by atomic mass is 32.1. The Morgan fingerprint density at radius 2 is 1.62 bits per heavy atom. The average Bonchev–Trinajstić information content (AvgIpc) is 3.28. The second-order valence-electron chi connectivity index (χ2n) is 8.61. The van der Waals surface area contributed by atoms with Crippen molar-refractivity contribution in [3.63, 3.8) is 0 Å². The summed E-state index contributed by atoms with van der Waals surface area (Å²) in [6.07, 6.45) is 0. The maximum absolute atomic E-state index is 12.6. The molecule has 0 fully saturated rings. The van der Waals surface area contributed by atoms with Crippen LogP contribution in [0, 0.1) is 5.92 Å². The van der Waals surface area contributed by atoms with Crippen LogP contribution < -0.4 is 16.2 Å². The van der Waals surface area contributed by atoms with Crippen LogP contribution in [0.4, 0.5) is 0 Å². The van der Waals surface area contributed by atoms with E-state index in [9.17, 15) is 19.2 Å². The van der Waals surface area contributed by atoms with Gasteiger partial charge in [0.15, 0.2) is 6.61 Å². The molecule has 0 radical (unpaired) electrons. The molecule has 0 saturated heterocycles. The van der Waals surface area contributed by atoms with Crippen molar-refractivity contribution < 1.29 is 23.9 Å². The van der Waals surface area contributed by atoms with Crippen LogP contribution in [0.15, 0.2) is 41.8 Å². The number of hydrazine groups is 1. The molecular weight excluding hydrogens is 430 g/mol. The molecule has 0 spiro atoms. The molecule has 0 aliphatic carbocycles. The zero-order valence-electron chi connectivity index (χ0n) is 18.9. The first-order valence-corrected chi connectivity index (χ1v) is 11.1. The zero-order valence-corrected chi connectivity index (χ0v) is 19.7. The van der Waals surface area contributed by atoms with Crippen LogP contribution in [0.1, 0.15) is 60.2 Å². The van der Waals surface area contributed by atoms with Crippen molar-refractivity contribution in [2.45, 2.75) is 46.1 Å². The molecule has 3 amide bonds. The summed E-state index contributed by atoms with van der Waals surface area (Å²) in [5, 5.41) is 4.40. The number of esters is 1. The van der Waals surface area contributed by atoms with E-state index in [-0.39, 0.29) is 11.3 Å². The van der Waals surface area contributed by atoms with Crippen LogP contribution in [0.3, 0.4) is 0 Å². The smallest absolute Gasteiger partial charge is 0.329 e. The van der Waals surface area contributed by atoms with E-state index in [0.717, 1.165) is 5.56 Å².